The minimum Gasteiger partial charge on any atom is -0.484 e. The molecule has 2 N–H and O–H groups in total. The van der Waals surface area contributed by atoms with E-state index in [1.807, 2.05) is 37.3 Å². The number of pyridine rings is 1. The summed E-state index contributed by atoms with van der Waals surface area (Å²) < 4.78 is 5.82. The van der Waals surface area contributed by atoms with E-state index >= 15 is 0 Å². The molecule has 3 nitrogen and oxygen atoms in total. The van der Waals surface area contributed by atoms with E-state index in [4.69, 9.17) is 22.1 Å². The van der Waals surface area contributed by atoms with E-state index in [0.717, 1.165) is 11.1 Å². The van der Waals surface area contributed by atoms with Crippen molar-refractivity contribution in [2.75, 3.05) is 0 Å². The summed E-state index contributed by atoms with van der Waals surface area (Å²) in [6.45, 7) is 2.43. The quantitative estimate of drug-likeness (QED) is 0.919. The maximum atomic E-state index is 6.14. The van der Waals surface area contributed by atoms with Gasteiger partial charge in [-0.25, -0.2) is 0 Å². The second-order valence-electron chi connectivity index (χ2n) is 4.02. The third kappa shape index (κ3) is 3.00. The van der Waals surface area contributed by atoms with Crippen LogP contribution in [0.25, 0.3) is 0 Å². The number of hydrogen-bond donors (Lipinski definition) is 1. The first-order valence-corrected chi connectivity index (χ1v) is 6.13. The topological polar surface area (TPSA) is 48.1 Å². The van der Waals surface area contributed by atoms with Crippen molar-refractivity contribution < 1.29 is 4.74 Å². The van der Waals surface area contributed by atoms with Crippen molar-refractivity contribution in [3.63, 3.8) is 0 Å². The SMILES string of the molecule is CC(Oc1ccc(CN)cc1Cl)c1cccnc1. The summed E-state index contributed by atoms with van der Waals surface area (Å²) >= 11 is 6.14. The van der Waals surface area contributed by atoms with Crippen molar-refractivity contribution in [3.05, 3.63) is 58.9 Å². The lowest BCUT2D eigenvalue weighted by molar-refractivity contribution is 0.226. The van der Waals surface area contributed by atoms with Crippen LogP contribution >= 0.6 is 11.6 Å². The number of nitrogens with zero attached hydrogens (tertiary/aromatic N) is 1. The van der Waals surface area contributed by atoms with Crippen LogP contribution in [0.5, 0.6) is 5.75 Å². The van der Waals surface area contributed by atoms with E-state index < -0.39 is 0 Å². The van der Waals surface area contributed by atoms with Gasteiger partial charge in [-0.3, -0.25) is 4.98 Å². The fourth-order valence-corrected chi connectivity index (χ4v) is 1.89. The first-order valence-electron chi connectivity index (χ1n) is 5.76. The molecule has 0 aliphatic rings. The molecule has 0 aliphatic heterocycles. The van der Waals surface area contributed by atoms with Gasteiger partial charge in [-0.1, -0.05) is 23.7 Å². The Kier molecular flexibility index (Phi) is 4.18. The van der Waals surface area contributed by atoms with Gasteiger partial charge in [0, 0.05) is 24.5 Å². The van der Waals surface area contributed by atoms with Gasteiger partial charge in [0.2, 0.25) is 0 Å². The highest BCUT2D eigenvalue weighted by atomic mass is 35.5. The fourth-order valence-electron chi connectivity index (χ4n) is 1.64. The lowest BCUT2D eigenvalue weighted by atomic mass is 10.2. The van der Waals surface area contributed by atoms with Gasteiger partial charge in [0.25, 0.3) is 0 Å². The largest absolute Gasteiger partial charge is 0.484 e. The van der Waals surface area contributed by atoms with Crippen LogP contribution in [0.3, 0.4) is 0 Å². The minimum absolute atomic E-state index is 0.0973. The van der Waals surface area contributed by atoms with Crippen LogP contribution in [0.1, 0.15) is 24.2 Å². The van der Waals surface area contributed by atoms with E-state index in [1.165, 1.54) is 0 Å². The number of nitrogens with two attached hydrogens (primary N) is 1. The Morgan fingerprint density at radius 1 is 1.39 bits per heavy atom. The number of hydrogen-bond acceptors (Lipinski definition) is 3. The van der Waals surface area contributed by atoms with Crippen molar-refractivity contribution >= 4 is 11.6 Å². The Labute approximate surface area is 112 Å². The predicted octanol–water partition coefficient (Wildman–Crippen LogP) is 3.33. The third-order valence-corrected chi connectivity index (χ3v) is 2.98. The molecule has 94 valence electrons. The van der Waals surface area contributed by atoms with Gasteiger partial charge >= 0.3 is 0 Å². The second kappa shape index (κ2) is 5.85. The molecule has 0 saturated heterocycles. The summed E-state index contributed by atoms with van der Waals surface area (Å²) in [7, 11) is 0. The Morgan fingerprint density at radius 3 is 2.83 bits per heavy atom. The first-order chi connectivity index (χ1) is 8.70. The summed E-state index contributed by atoms with van der Waals surface area (Å²) in [5.41, 5.74) is 7.55. The van der Waals surface area contributed by atoms with Gasteiger partial charge in [0.1, 0.15) is 11.9 Å². The molecule has 1 aromatic heterocycles. The number of rotatable bonds is 4. The average Bonchev–Trinajstić information content (AvgIpc) is 2.42. The van der Waals surface area contributed by atoms with Crippen LogP contribution in [0.4, 0.5) is 0 Å². The summed E-state index contributed by atoms with van der Waals surface area (Å²) in [6, 6.07) is 9.44. The lowest BCUT2D eigenvalue weighted by Crippen LogP contribution is -2.04. The van der Waals surface area contributed by atoms with E-state index in [0.29, 0.717) is 17.3 Å². The summed E-state index contributed by atoms with van der Waals surface area (Å²) in [4.78, 5) is 4.07. The third-order valence-electron chi connectivity index (χ3n) is 2.69. The number of benzene rings is 1. The molecule has 2 aromatic rings. The standard InChI is InChI=1S/C14H15ClN2O/c1-10(12-3-2-6-17-9-12)18-14-5-4-11(8-16)7-13(14)15/h2-7,9-10H,8,16H2,1H3. The number of halogens is 1. The number of ether oxygens (including phenoxy) is 1. The monoisotopic (exact) mass is 262 g/mol. The highest BCUT2D eigenvalue weighted by Crippen LogP contribution is 2.29. The summed E-state index contributed by atoms with van der Waals surface area (Å²) in [5, 5.41) is 0.577. The Hall–Kier alpha value is -1.58. The normalized spacial score (nSPS) is 12.2. The van der Waals surface area contributed by atoms with Crippen LogP contribution in [0.2, 0.25) is 5.02 Å². The molecule has 1 aromatic carbocycles. The zero-order chi connectivity index (χ0) is 13.0. The van der Waals surface area contributed by atoms with Crippen LogP contribution in [0, 0.1) is 0 Å². The molecule has 0 fully saturated rings. The smallest absolute Gasteiger partial charge is 0.138 e. The van der Waals surface area contributed by atoms with Crippen molar-refractivity contribution in [1.82, 2.24) is 4.98 Å². The average molecular weight is 263 g/mol. The highest BCUT2D eigenvalue weighted by molar-refractivity contribution is 6.32. The van der Waals surface area contributed by atoms with E-state index in [2.05, 4.69) is 4.98 Å². The minimum atomic E-state index is -0.0973. The molecule has 1 atom stereocenters. The molecular formula is C14H15ClN2O. The molecule has 18 heavy (non-hydrogen) atoms. The number of aromatic nitrogens is 1. The lowest BCUT2D eigenvalue weighted by Gasteiger charge is -2.16. The van der Waals surface area contributed by atoms with Gasteiger partial charge in [-0.05, 0) is 30.7 Å². The van der Waals surface area contributed by atoms with Crippen LogP contribution in [0.15, 0.2) is 42.7 Å². The highest BCUT2D eigenvalue weighted by Gasteiger charge is 2.10. The van der Waals surface area contributed by atoms with Gasteiger partial charge in [-0.15, -0.1) is 0 Å². The molecule has 0 saturated carbocycles. The van der Waals surface area contributed by atoms with Crippen LogP contribution in [-0.4, -0.2) is 4.98 Å². The molecule has 4 heteroatoms. The van der Waals surface area contributed by atoms with Crippen LogP contribution in [-0.2, 0) is 6.54 Å². The van der Waals surface area contributed by atoms with E-state index in [-0.39, 0.29) is 6.10 Å². The zero-order valence-corrected chi connectivity index (χ0v) is 10.9. The molecule has 0 radical (unpaired) electrons. The maximum absolute atomic E-state index is 6.14. The molecule has 0 aliphatic carbocycles. The van der Waals surface area contributed by atoms with Gasteiger partial charge in [0.05, 0.1) is 5.02 Å². The molecule has 0 amide bonds. The van der Waals surface area contributed by atoms with E-state index in [9.17, 15) is 0 Å². The molecule has 1 heterocycles. The van der Waals surface area contributed by atoms with Gasteiger partial charge < -0.3 is 10.5 Å². The molecule has 0 spiro atoms. The molecule has 2 rings (SSSR count). The van der Waals surface area contributed by atoms with E-state index in [1.54, 1.807) is 12.4 Å². The Morgan fingerprint density at radius 2 is 2.22 bits per heavy atom. The Balaban J connectivity index is 2.14. The van der Waals surface area contributed by atoms with Crippen molar-refractivity contribution in [2.24, 2.45) is 5.73 Å². The predicted molar refractivity (Wildman–Crippen MR) is 72.6 cm³/mol. The summed E-state index contributed by atoms with van der Waals surface area (Å²) in [5.74, 6) is 0.658. The van der Waals surface area contributed by atoms with Crippen molar-refractivity contribution in [1.29, 1.82) is 0 Å². The fraction of sp³-hybridized carbons (Fsp3) is 0.214. The first kappa shape index (κ1) is 12.9. The molecule has 0 bridgehead atoms. The maximum Gasteiger partial charge on any atom is 0.138 e. The summed E-state index contributed by atoms with van der Waals surface area (Å²) in [6.07, 6.45) is 3.42. The van der Waals surface area contributed by atoms with Crippen molar-refractivity contribution in [3.8, 4) is 5.75 Å². The van der Waals surface area contributed by atoms with Crippen LogP contribution < -0.4 is 10.5 Å². The van der Waals surface area contributed by atoms with Gasteiger partial charge in [0.15, 0.2) is 0 Å². The second-order valence-corrected chi connectivity index (χ2v) is 4.42. The molecular weight excluding hydrogens is 248 g/mol. The molecule has 1 unspecified atom stereocenters. The Bertz CT molecular complexity index is 516. The van der Waals surface area contributed by atoms with Crippen molar-refractivity contribution in [2.45, 2.75) is 19.6 Å². The zero-order valence-electron chi connectivity index (χ0n) is 10.1. The van der Waals surface area contributed by atoms with Gasteiger partial charge in [-0.2, -0.15) is 0 Å².